The molecule has 2 aromatic heterocycles. The number of aryl methyl sites for hydroxylation is 4. The first kappa shape index (κ1) is 24.8. The number of anilines is 1. The molecule has 0 atom stereocenters. The Balaban J connectivity index is 1.52. The van der Waals surface area contributed by atoms with E-state index in [0.717, 1.165) is 28.1 Å². The summed E-state index contributed by atoms with van der Waals surface area (Å²) in [4.78, 5) is 13.2. The van der Waals surface area contributed by atoms with Crippen molar-refractivity contribution in [1.29, 1.82) is 0 Å². The van der Waals surface area contributed by atoms with Crippen LogP contribution in [0.25, 0.3) is 0 Å². The van der Waals surface area contributed by atoms with Crippen molar-refractivity contribution in [2.75, 3.05) is 5.32 Å². The van der Waals surface area contributed by atoms with Gasteiger partial charge in [0, 0.05) is 10.0 Å². The molecule has 0 saturated heterocycles. The number of nitrogens with one attached hydrogen (secondary N) is 1. The molecule has 0 aliphatic heterocycles. The molecule has 0 saturated carbocycles. The van der Waals surface area contributed by atoms with E-state index in [1.165, 1.54) is 0 Å². The molecule has 0 bridgehead atoms. The minimum absolute atomic E-state index is 0.160. The summed E-state index contributed by atoms with van der Waals surface area (Å²) in [5.41, 5.74) is 5.92. The van der Waals surface area contributed by atoms with Crippen molar-refractivity contribution in [2.24, 2.45) is 0 Å². The third kappa shape index (κ3) is 5.52. The van der Waals surface area contributed by atoms with Crippen LogP contribution in [0.1, 0.15) is 49.9 Å². The van der Waals surface area contributed by atoms with E-state index in [2.05, 4.69) is 21.6 Å². The number of amides is 1. The molecule has 2 heterocycles. The fraction of sp³-hybridized carbons (Fsp3) is 0.269. The number of carbonyl (C=O) groups is 1. The standard InChI is InChI=1S/C26H26Cl2N4O3/c1-14-8-15(2)10-21(9-14)34-13-22-18(5)35-31-25(22)26(33)29-24-16(3)30-32(17(24)4)12-19-6-7-20(27)11-23(19)28/h6-11H,12-13H2,1-5H3,(H,29,33). The van der Waals surface area contributed by atoms with Gasteiger partial charge in [0.15, 0.2) is 5.69 Å². The highest BCUT2D eigenvalue weighted by Gasteiger charge is 2.23. The fourth-order valence-corrected chi connectivity index (χ4v) is 4.40. The third-order valence-corrected chi connectivity index (χ3v) is 6.32. The second kappa shape index (κ2) is 10.1. The molecule has 182 valence electrons. The molecule has 35 heavy (non-hydrogen) atoms. The summed E-state index contributed by atoms with van der Waals surface area (Å²) < 4.78 is 13.1. The van der Waals surface area contributed by atoms with Gasteiger partial charge in [-0.2, -0.15) is 5.10 Å². The van der Waals surface area contributed by atoms with Crippen LogP contribution in [-0.2, 0) is 13.2 Å². The van der Waals surface area contributed by atoms with Crippen molar-refractivity contribution < 1.29 is 14.1 Å². The molecule has 0 fully saturated rings. The van der Waals surface area contributed by atoms with Crippen LogP contribution < -0.4 is 10.1 Å². The molecule has 4 aromatic rings. The van der Waals surface area contributed by atoms with Crippen LogP contribution in [0.15, 0.2) is 40.9 Å². The Morgan fingerprint density at radius 2 is 1.77 bits per heavy atom. The van der Waals surface area contributed by atoms with Gasteiger partial charge in [-0.05, 0) is 75.6 Å². The van der Waals surface area contributed by atoms with Gasteiger partial charge in [0.05, 0.1) is 29.2 Å². The average molecular weight is 513 g/mol. The predicted molar refractivity (Wildman–Crippen MR) is 137 cm³/mol. The molecule has 2 aromatic carbocycles. The monoisotopic (exact) mass is 512 g/mol. The van der Waals surface area contributed by atoms with Crippen LogP contribution in [0.4, 0.5) is 5.69 Å². The first-order chi connectivity index (χ1) is 16.6. The molecule has 7 nitrogen and oxygen atoms in total. The van der Waals surface area contributed by atoms with Gasteiger partial charge in [0.25, 0.3) is 5.91 Å². The zero-order valence-corrected chi connectivity index (χ0v) is 21.7. The van der Waals surface area contributed by atoms with Gasteiger partial charge in [-0.15, -0.1) is 0 Å². The van der Waals surface area contributed by atoms with Crippen LogP contribution in [0.5, 0.6) is 5.75 Å². The number of benzene rings is 2. The van der Waals surface area contributed by atoms with Crippen molar-refractivity contribution >= 4 is 34.8 Å². The zero-order valence-electron chi connectivity index (χ0n) is 20.2. The maximum atomic E-state index is 13.2. The van der Waals surface area contributed by atoms with Gasteiger partial charge in [0.1, 0.15) is 18.1 Å². The Morgan fingerprint density at radius 3 is 2.46 bits per heavy atom. The molecule has 0 aliphatic carbocycles. The lowest BCUT2D eigenvalue weighted by atomic mass is 10.1. The molecule has 9 heteroatoms. The number of halogens is 2. The first-order valence-corrected chi connectivity index (χ1v) is 11.8. The summed E-state index contributed by atoms with van der Waals surface area (Å²) in [7, 11) is 0. The number of aromatic nitrogens is 3. The van der Waals surface area contributed by atoms with Crippen molar-refractivity contribution in [3.8, 4) is 5.75 Å². The molecule has 4 rings (SSSR count). The van der Waals surface area contributed by atoms with Crippen LogP contribution in [0.2, 0.25) is 10.0 Å². The van der Waals surface area contributed by atoms with Gasteiger partial charge >= 0.3 is 0 Å². The molecule has 1 N–H and O–H groups in total. The van der Waals surface area contributed by atoms with Gasteiger partial charge in [-0.3, -0.25) is 9.48 Å². The zero-order chi connectivity index (χ0) is 25.3. The van der Waals surface area contributed by atoms with Crippen LogP contribution in [-0.4, -0.2) is 20.8 Å². The Hall–Kier alpha value is -3.29. The topological polar surface area (TPSA) is 82.2 Å². The molecule has 0 radical (unpaired) electrons. The molecular formula is C26H26Cl2N4O3. The SMILES string of the molecule is Cc1cc(C)cc(OCc2c(C(=O)Nc3c(C)nn(Cc4ccc(Cl)cc4Cl)c3C)noc2C)c1. The van der Waals surface area contributed by atoms with Gasteiger partial charge in [0.2, 0.25) is 0 Å². The fourth-order valence-electron chi connectivity index (χ4n) is 3.93. The Labute approximate surface area is 214 Å². The summed E-state index contributed by atoms with van der Waals surface area (Å²) in [6.45, 7) is 10.1. The van der Waals surface area contributed by atoms with E-state index < -0.39 is 5.91 Å². The maximum Gasteiger partial charge on any atom is 0.278 e. The van der Waals surface area contributed by atoms with Gasteiger partial charge in [-0.1, -0.05) is 40.5 Å². The number of carbonyl (C=O) groups excluding carboxylic acids is 1. The first-order valence-electron chi connectivity index (χ1n) is 11.1. The number of rotatable bonds is 7. The highest BCUT2D eigenvalue weighted by molar-refractivity contribution is 6.35. The van der Waals surface area contributed by atoms with Crippen LogP contribution in [0, 0.1) is 34.6 Å². The minimum atomic E-state index is -0.392. The minimum Gasteiger partial charge on any atom is -0.489 e. The largest absolute Gasteiger partial charge is 0.489 e. The van der Waals surface area contributed by atoms with Crippen LogP contribution in [0.3, 0.4) is 0 Å². The lowest BCUT2D eigenvalue weighted by molar-refractivity contribution is 0.101. The average Bonchev–Trinajstić information content (AvgIpc) is 3.27. The molecule has 0 unspecified atom stereocenters. The van der Waals surface area contributed by atoms with Crippen molar-refractivity contribution in [1.82, 2.24) is 14.9 Å². The van der Waals surface area contributed by atoms with E-state index in [1.54, 1.807) is 23.7 Å². The molecule has 0 aliphatic rings. The summed E-state index contributed by atoms with van der Waals surface area (Å²) in [5.74, 6) is 0.862. The number of ether oxygens (including phenoxy) is 1. The number of hydrogen-bond donors (Lipinski definition) is 1. The highest BCUT2D eigenvalue weighted by atomic mass is 35.5. The van der Waals surface area contributed by atoms with Gasteiger partial charge in [-0.25, -0.2) is 0 Å². The normalized spacial score (nSPS) is 11.1. The second-order valence-electron chi connectivity index (χ2n) is 8.57. The lowest BCUT2D eigenvalue weighted by Gasteiger charge is -2.10. The second-order valence-corrected chi connectivity index (χ2v) is 9.41. The van der Waals surface area contributed by atoms with Crippen molar-refractivity contribution in [2.45, 2.75) is 47.8 Å². The number of nitrogens with zero attached hydrogens (tertiary/aromatic N) is 3. The smallest absolute Gasteiger partial charge is 0.278 e. The van der Waals surface area contributed by atoms with Crippen molar-refractivity contribution in [3.05, 3.63) is 91.5 Å². The van der Waals surface area contributed by atoms with E-state index in [4.69, 9.17) is 32.5 Å². The molecule has 0 spiro atoms. The highest BCUT2D eigenvalue weighted by Crippen LogP contribution is 2.26. The van der Waals surface area contributed by atoms with E-state index in [1.807, 2.05) is 45.9 Å². The predicted octanol–water partition coefficient (Wildman–Crippen LogP) is 6.60. The number of hydrogen-bond acceptors (Lipinski definition) is 5. The third-order valence-electron chi connectivity index (χ3n) is 5.73. The Kier molecular flexibility index (Phi) is 7.19. The van der Waals surface area contributed by atoms with E-state index in [-0.39, 0.29) is 12.3 Å². The lowest BCUT2D eigenvalue weighted by Crippen LogP contribution is -2.16. The Bertz CT molecular complexity index is 1390. The summed E-state index contributed by atoms with van der Waals surface area (Å²) in [5, 5.41) is 12.6. The molecular weight excluding hydrogens is 487 g/mol. The quantitative estimate of drug-likeness (QED) is 0.301. The Morgan fingerprint density at radius 1 is 1.06 bits per heavy atom. The van der Waals surface area contributed by atoms with E-state index in [9.17, 15) is 4.79 Å². The molecule has 1 amide bonds. The van der Waals surface area contributed by atoms with E-state index >= 15 is 0 Å². The van der Waals surface area contributed by atoms with Crippen LogP contribution >= 0.6 is 23.2 Å². The maximum absolute atomic E-state index is 13.2. The summed E-state index contributed by atoms with van der Waals surface area (Å²) >= 11 is 12.3. The summed E-state index contributed by atoms with van der Waals surface area (Å²) in [6.07, 6.45) is 0. The summed E-state index contributed by atoms with van der Waals surface area (Å²) in [6, 6.07) is 11.3. The van der Waals surface area contributed by atoms with Crippen molar-refractivity contribution in [3.63, 3.8) is 0 Å². The van der Waals surface area contributed by atoms with Gasteiger partial charge < -0.3 is 14.6 Å². The van der Waals surface area contributed by atoms with E-state index in [0.29, 0.717) is 39.3 Å².